The van der Waals surface area contributed by atoms with E-state index in [1.165, 1.54) is 0 Å². The van der Waals surface area contributed by atoms with Gasteiger partial charge in [0.1, 0.15) is 6.42 Å². The molecule has 7 nitrogen and oxygen atoms in total. The number of nitrogens with one attached hydrogen (secondary N) is 4. The maximum atomic E-state index is 11.9. The molecule has 0 bridgehead atoms. The molecule has 0 aliphatic heterocycles. The lowest BCUT2D eigenvalue weighted by Gasteiger charge is -2.13. The minimum atomic E-state index is -0.397. The number of thiocarbonyl (C=S) groups is 1. The Labute approximate surface area is 134 Å². The lowest BCUT2D eigenvalue weighted by atomic mass is 10.2. The third-order valence-corrected chi connectivity index (χ3v) is 2.60. The first-order chi connectivity index (χ1) is 10.4. The second-order valence-electron chi connectivity index (χ2n) is 4.67. The number of nitriles is 1. The minimum absolute atomic E-state index is 0.160. The maximum Gasteiger partial charge on any atom is 0.269 e. The fourth-order valence-electron chi connectivity index (χ4n) is 1.47. The van der Waals surface area contributed by atoms with Crippen LogP contribution in [0.4, 0.5) is 5.69 Å². The van der Waals surface area contributed by atoms with Crippen LogP contribution in [0.3, 0.4) is 0 Å². The summed E-state index contributed by atoms with van der Waals surface area (Å²) in [5, 5.41) is 14.2. The lowest BCUT2D eigenvalue weighted by molar-refractivity contribution is -0.115. The monoisotopic (exact) mass is 319 g/mol. The number of carbonyl (C=O) groups is 2. The van der Waals surface area contributed by atoms with E-state index in [0.717, 1.165) is 0 Å². The van der Waals surface area contributed by atoms with Gasteiger partial charge in [-0.1, -0.05) is 0 Å². The summed E-state index contributed by atoms with van der Waals surface area (Å²) in [6.07, 6.45) is -0.216. The summed E-state index contributed by atoms with van der Waals surface area (Å²) in [5.74, 6) is -0.755. The third-order valence-electron chi connectivity index (χ3n) is 2.38. The Morgan fingerprint density at radius 1 is 1.23 bits per heavy atom. The van der Waals surface area contributed by atoms with Gasteiger partial charge in [-0.2, -0.15) is 5.26 Å². The van der Waals surface area contributed by atoms with Crippen LogP contribution in [0, 0.1) is 11.3 Å². The highest BCUT2D eigenvalue weighted by molar-refractivity contribution is 7.80. The van der Waals surface area contributed by atoms with Crippen molar-refractivity contribution in [3.05, 3.63) is 29.8 Å². The molecule has 0 saturated heterocycles. The Morgan fingerprint density at radius 3 is 2.41 bits per heavy atom. The number of carbonyl (C=O) groups excluding carboxylic acids is 2. The van der Waals surface area contributed by atoms with Crippen LogP contribution in [0.5, 0.6) is 0 Å². The standard InChI is InChI=1S/C14H17N5O2S/c1-9(2)16-14(22)19-18-13(21)10-3-5-11(6-4-10)17-12(20)7-8-15/h3-6,9H,7H2,1-2H3,(H,17,20)(H,18,21)(H2,16,19,22). The van der Waals surface area contributed by atoms with Crippen molar-refractivity contribution in [2.75, 3.05) is 5.32 Å². The molecule has 0 atom stereocenters. The fraction of sp³-hybridized carbons (Fsp3) is 0.286. The van der Waals surface area contributed by atoms with E-state index in [2.05, 4.69) is 21.5 Å². The molecule has 0 spiro atoms. The van der Waals surface area contributed by atoms with Crippen molar-refractivity contribution >= 4 is 34.8 Å². The van der Waals surface area contributed by atoms with Crippen LogP contribution in [-0.2, 0) is 4.79 Å². The highest BCUT2D eigenvalue weighted by Crippen LogP contribution is 2.09. The molecular formula is C14H17N5O2S. The van der Waals surface area contributed by atoms with Gasteiger partial charge in [-0.05, 0) is 50.3 Å². The van der Waals surface area contributed by atoms with Gasteiger partial charge in [0.25, 0.3) is 5.91 Å². The molecule has 0 fully saturated rings. The molecule has 1 aromatic rings. The van der Waals surface area contributed by atoms with Gasteiger partial charge >= 0.3 is 0 Å². The Balaban J connectivity index is 2.52. The van der Waals surface area contributed by atoms with Gasteiger partial charge in [-0.25, -0.2) is 0 Å². The summed E-state index contributed by atoms with van der Waals surface area (Å²) < 4.78 is 0. The van der Waals surface area contributed by atoms with Crippen LogP contribution in [0.15, 0.2) is 24.3 Å². The molecule has 4 N–H and O–H groups in total. The van der Waals surface area contributed by atoms with E-state index in [4.69, 9.17) is 17.5 Å². The lowest BCUT2D eigenvalue weighted by Crippen LogP contribution is -2.48. The Bertz CT molecular complexity index is 592. The van der Waals surface area contributed by atoms with Gasteiger partial charge in [0.15, 0.2) is 5.11 Å². The first-order valence-corrected chi connectivity index (χ1v) is 6.97. The summed E-state index contributed by atoms with van der Waals surface area (Å²) in [7, 11) is 0. The third kappa shape index (κ3) is 6.19. The average Bonchev–Trinajstić information content (AvgIpc) is 2.45. The van der Waals surface area contributed by atoms with Crippen LogP contribution in [0.1, 0.15) is 30.6 Å². The average molecular weight is 319 g/mol. The second-order valence-corrected chi connectivity index (χ2v) is 5.08. The second kappa shape index (κ2) is 8.59. The first-order valence-electron chi connectivity index (χ1n) is 6.56. The number of amides is 2. The molecule has 0 aliphatic rings. The number of hydrogen-bond acceptors (Lipinski definition) is 4. The molecule has 0 radical (unpaired) electrons. The molecule has 0 saturated carbocycles. The molecule has 0 heterocycles. The summed E-state index contributed by atoms with van der Waals surface area (Å²) in [6, 6.07) is 8.18. The predicted molar refractivity (Wildman–Crippen MR) is 86.8 cm³/mol. The number of anilines is 1. The normalized spacial score (nSPS) is 9.55. The van der Waals surface area contributed by atoms with Gasteiger partial charge in [-0.15, -0.1) is 0 Å². The summed E-state index contributed by atoms with van der Waals surface area (Å²) in [6.45, 7) is 3.85. The summed E-state index contributed by atoms with van der Waals surface area (Å²) in [5.41, 5.74) is 5.97. The quantitative estimate of drug-likeness (QED) is 0.488. The maximum absolute atomic E-state index is 11.9. The van der Waals surface area contributed by atoms with Gasteiger partial charge < -0.3 is 10.6 Å². The zero-order chi connectivity index (χ0) is 16.5. The Morgan fingerprint density at radius 2 is 1.86 bits per heavy atom. The smallest absolute Gasteiger partial charge is 0.269 e. The van der Waals surface area contributed by atoms with Crippen LogP contribution in [-0.4, -0.2) is 23.0 Å². The van der Waals surface area contributed by atoms with Gasteiger partial charge in [0.2, 0.25) is 5.91 Å². The topological polar surface area (TPSA) is 106 Å². The predicted octanol–water partition coefficient (Wildman–Crippen LogP) is 1.06. The van der Waals surface area contributed by atoms with Crippen molar-refractivity contribution in [1.82, 2.24) is 16.2 Å². The zero-order valence-electron chi connectivity index (χ0n) is 12.3. The van der Waals surface area contributed by atoms with Crippen molar-refractivity contribution in [1.29, 1.82) is 5.26 Å². The number of nitrogens with zero attached hydrogens (tertiary/aromatic N) is 1. The summed E-state index contributed by atoms with van der Waals surface area (Å²) in [4.78, 5) is 23.1. The van der Waals surface area contributed by atoms with Crippen LogP contribution in [0.2, 0.25) is 0 Å². The van der Waals surface area contributed by atoms with Crippen LogP contribution in [0.25, 0.3) is 0 Å². The molecule has 116 valence electrons. The molecule has 1 rings (SSSR count). The van der Waals surface area contributed by atoms with E-state index in [1.54, 1.807) is 30.3 Å². The Hall–Kier alpha value is -2.66. The van der Waals surface area contributed by atoms with E-state index in [1.807, 2.05) is 13.8 Å². The van der Waals surface area contributed by atoms with Crippen LogP contribution < -0.4 is 21.5 Å². The highest BCUT2D eigenvalue weighted by Gasteiger charge is 2.07. The zero-order valence-corrected chi connectivity index (χ0v) is 13.1. The van der Waals surface area contributed by atoms with E-state index < -0.39 is 5.91 Å². The van der Waals surface area contributed by atoms with E-state index >= 15 is 0 Å². The van der Waals surface area contributed by atoms with Crippen molar-refractivity contribution in [2.24, 2.45) is 0 Å². The Kier molecular flexibility index (Phi) is 6.79. The van der Waals surface area contributed by atoms with Crippen molar-refractivity contribution in [2.45, 2.75) is 26.3 Å². The molecule has 0 unspecified atom stereocenters. The number of rotatable bonds is 4. The van der Waals surface area contributed by atoms with Gasteiger partial charge in [0.05, 0.1) is 6.07 Å². The van der Waals surface area contributed by atoms with Crippen LogP contribution >= 0.6 is 12.2 Å². The van der Waals surface area contributed by atoms with Crippen molar-refractivity contribution in [3.8, 4) is 6.07 Å². The summed E-state index contributed by atoms with van der Waals surface area (Å²) >= 11 is 4.98. The van der Waals surface area contributed by atoms with Crippen molar-refractivity contribution < 1.29 is 9.59 Å². The molecular weight excluding hydrogens is 302 g/mol. The fourth-order valence-corrected chi connectivity index (χ4v) is 1.75. The minimum Gasteiger partial charge on any atom is -0.359 e. The molecule has 1 aromatic carbocycles. The van der Waals surface area contributed by atoms with E-state index in [9.17, 15) is 9.59 Å². The largest absolute Gasteiger partial charge is 0.359 e. The molecule has 8 heteroatoms. The number of hydrogen-bond donors (Lipinski definition) is 4. The number of hydrazine groups is 1. The SMILES string of the molecule is CC(C)NC(=S)NNC(=O)c1ccc(NC(=O)CC#N)cc1. The highest BCUT2D eigenvalue weighted by atomic mass is 32.1. The molecule has 2 amide bonds. The van der Waals surface area contributed by atoms with Crippen molar-refractivity contribution in [3.63, 3.8) is 0 Å². The van der Waals surface area contributed by atoms with E-state index in [0.29, 0.717) is 16.4 Å². The number of benzene rings is 1. The van der Waals surface area contributed by atoms with Gasteiger partial charge in [0, 0.05) is 17.3 Å². The van der Waals surface area contributed by atoms with E-state index in [-0.39, 0.29) is 18.4 Å². The molecule has 0 aromatic heterocycles. The van der Waals surface area contributed by atoms with Gasteiger partial charge in [-0.3, -0.25) is 20.4 Å². The molecule has 22 heavy (non-hydrogen) atoms. The first kappa shape index (κ1) is 17.4. The molecule has 0 aliphatic carbocycles.